The fourth-order valence-electron chi connectivity index (χ4n) is 7.23. The number of unbranched alkanes of at least 4 members (excludes halogenated alkanes) is 5. The van der Waals surface area contributed by atoms with Crippen molar-refractivity contribution in [1.82, 2.24) is 5.32 Å². The summed E-state index contributed by atoms with van der Waals surface area (Å²) in [6.07, 6.45) is 34.9. The van der Waals surface area contributed by atoms with Gasteiger partial charge in [-0.1, -0.05) is 97.9 Å². The van der Waals surface area contributed by atoms with Crippen molar-refractivity contribution in [3.63, 3.8) is 0 Å². The van der Waals surface area contributed by atoms with Gasteiger partial charge >= 0.3 is 5.97 Å². The maximum Gasteiger partial charge on any atom is 0.338 e. The van der Waals surface area contributed by atoms with Crippen molar-refractivity contribution in [1.29, 1.82) is 0 Å². The van der Waals surface area contributed by atoms with Crippen molar-refractivity contribution in [2.45, 2.75) is 102 Å². The van der Waals surface area contributed by atoms with Crippen LogP contribution in [0.5, 0.6) is 0 Å². The van der Waals surface area contributed by atoms with Crippen LogP contribution < -0.4 is 5.32 Å². The van der Waals surface area contributed by atoms with E-state index in [0.29, 0.717) is 25.0 Å². The van der Waals surface area contributed by atoms with Crippen LogP contribution in [0, 0.1) is 17.8 Å². The lowest BCUT2D eigenvalue weighted by Gasteiger charge is -2.28. The van der Waals surface area contributed by atoms with Gasteiger partial charge in [0.1, 0.15) is 6.61 Å². The number of nitrogens with one attached hydrogen (secondary N) is 1. The first-order chi connectivity index (χ1) is 21.7. The van der Waals surface area contributed by atoms with E-state index in [1.807, 2.05) is 0 Å². The number of ether oxygens (including phenoxy) is 3. The molecule has 0 bridgehead atoms. The monoisotopic (exact) mass is 603 g/mol. The minimum atomic E-state index is -0.971. The number of hydrogen-bond acceptors (Lipinski definition) is 6. The smallest absolute Gasteiger partial charge is 0.338 e. The normalized spacial score (nSPS) is 26.6. The summed E-state index contributed by atoms with van der Waals surface area (Å²) in [6.45, 7) is 1.92. The fourth-order valence-corrected chi connectivity index (χ4v) is 7.23. The van der Waals surface area contributed by atoms with Crippen LogP contribution in [0.15, 0.2) is 71.4 Å². The van der Waals surface area contributed by atoms with Gasteiger partial charge in [-0.3, -0.25) is 4.79 Å². The Kier molecular flexibility index (Phi) is 13.3. The second kappa shape index (κ2) is 17.8. The molecule has 0 aromatic rings. The van der Waals surface area contributed by atoms with E-state index in [-0.39, 0.29) is 18.9 Å². The molecule has 1 heterocycles. The van der Waals surface area contributed by atoms with Crippen LogP contribution in [0.4, 0.5) is 0 Å². The highest BCUT2D eigenvalue weighted by molar-refractivity contribution is 5.91. The van der Waals surface area contributed by atoms with Gasteiger partial charge in [0.05, 0.1) is 13.2 Å². The topological polar surface area (TPSA) is 73.9 Å². The molecule has 3 unspecified atom stereocenters. The largest absolute Gasteiger partial charge is 0.461 e. The molecule has 0 aromatic carbocycles. The highest BCUT2D eigenvalue weighted by atomic mass is 16.6. The molecule has 5 atom stereocenters. The molecule has 1 N–H and O–H groups in total. The van der Waals surface area contributed by atoms with Gasteiger partial charge in [-0.05, 0) is 75.8 Å². The van der Waals surface area contributed by atoms with Gasteiger partial charge in [0.2, 0.25) is 0 Å². The van der Waals surface area contributed by atoms with Gasteiger partial charge in [-0.2, -0.15) is 0 Å². The van der Waals surface area contributed by atoms with Crippen molar-refractivity contribution in [3.8, 4) is 0 Å². The van der Waals surface area contributed by atoms with Crippen molar-refractivity contribution in [2.75, 3.05) is 32.9 Å². The molecule has 240 valence electrons. The van der Waals surface area contributed by atoms with E-state index in [9.17, 15) is 9.59 Å². The number of allylic oxidation sites excluding steroid dienone is 12. The number of rotatable bonds is 18. The molecule has 1 fully saturated rings. The Balaban J connectivity index is 0.939. The summed E-state index contributed by atoms with van der Waals surface area (Å²) in [6, 6.07) is 0. The van der Waals surface area contributed by atoms with E-state index in [4.69, 9.17) is 14.2 Å². The molecular weight excluding hydrogens is 550 g/mol. The van der Waals surface area contributed by atoms with Crippen LogP contribution in [0.3, 0.4) is 0 Å². The number of carbonyl (C=O) groups is 2. The van der Waals surface area contributed by atoms with Gasteiger partial charge < -0.3 is 19.5 Å². The van der Waals surface area contributed by atoms with Gasteiger partial charge in [0.25, 0.3) is 0 Å². The standard InChI is InChI=1S/C38H53NO5/c40-35(28-39-22-10-2-1-4-12-29-18-20-31-14-6-8-16-33(31)26-29)36(37-38(41)44-25-24-43-37)42-23-11-3-5-13-30-19-21-32-15-7-9-17-34(32)27-30/h6,8-9,14,16-17,19-21,29,33-34,36-37,39H,1-5,7,10-13,15,18,22-28H2/t29?,33?,34?,36-,37+/m0/s1. The van der Waals surface area contributed by atoms with Crippen molar-refractivity contribution in [2.24, 2.45) is 17.8 Å². The highest BCUT2D eigenvalue weighted by Crippen LogP contribution is 2.36. The van der Waals surface area contributed by atoms with E-state index < -0.39 is 18.2 Å². The molecule has 1 aliphatic heterocycles. The SMILES string of the molecule is O=C(CNCCCCCCC1CC=C2C=CC=CC2C1)[C@H](OCCCCCC1=CC=C2CCC=CC2C1)[C@H]1OCCOC1=O. The second-order valence-electron chi connectivity index (χ2n) is 13.1. The van der Waals surface area contributed by atoms with E-state index in [2.05, 4.69) is 60.0 Å². The molecule has 1 saturated heterocycles. The Labute approximate surface area is 264 Å². The number of cyclic esters (lactones) is 1. The van der Waals surface area contributed by atoms with E-state index in [1.54, 1.807) is 5.57 Å². The van der Waals surface area contributed by atoms with Crippen LogP contribution >= 0.6 is 0 Å². The summed E-state index contributed by atoms with van der Waals surface area (Å²) in [5, 5.41) is 3.28. The number of carbonyl (C=O) groups excluding carboxylic acids is 2. The van der Waals surface area contributed by atoms with Crippen LogP contribution in [0.1, 0.15) is 89.9 Å². The number of esters is 1. The van der Waals surface area contributed by atoms with Crippen molar-refractivity contribution in [3.05, 3.63) is 71.4 Å². The Morgan fingerprint density at radius 1 is 1.00 bits per heavy atom. The zero-order valence-electron chi connectivity index (χ0n) is 26.6. The summed E-state index contributed by atoms with van der Waals surface area (Å²) in [7, 11) is 0. The van der Waals surface area contributed by atoms with E-state index in [0.717, 1.165) is 57.4 Å². The average Bonchev–Trinajstić information content (AvgIpc) is 3.06. The van der Waals surface area contributed by atoms with Crippen LogP contribution in [0.25, 0.3) is 0 Å². The first-order valence-corrected chi connectivity index (χ1v) is 17.4. The molecule has 5 rings (SSSR count). The van der Waals surface area contributed by atoms with E-state index in [1.165, 1.54) is 56.1 Å². The predicted octanol–water partition coefficient (Wildman–Crippen LogP) is 7.28. The van der Waals surface area contributed by atoms with E-state index >= 15 is 0 Å². The first kappa shape index (κ1) is 32.8. The Bertz CT molecular complexity index is 1140. The molecule has 0 radical (unpaired) electrons. The minimum Gasteiger partial charge on any atom is -0.461 e. The van der Waals surface area contributed by atoms with Gasteiger partial charge in [0, 0.05) is 18.4 Å². The van der Waals surface area contributed by atoms with Gasteiger partial charge in [0.15, 0.2) is 18.0 Å². The first-order valence-electron chi connectivity index (χ1n) is 17.4. The molecule has 0 aromatic heterocycles. The maximum atomic E-state index is 13.1. The lowest BCUT2D eigenvalue weighted by molar-refractivity contribution is -0.187. The van der Waals surface area contributed by atoms with Crippen molar-refractivity contribution < 1.29 is 23.8 Å². The zero-order chi connectivity index (χ0) is 30.4. The van der Waals surface area contributed by atoms with Gasteiger partial charge in [-0.15, -0.1) is 0 Å². The third-order valence-corrected chi connectivity index (χ3v) is 9.81. The Morgan fingerprint density at radius 3 is 2.84 bits per heavy atom. The van der Waals surface area contributed by atoms with Crippen molar-refractivity contribution >= 4 is 11.8 Å². The molecule has 5 aliphatic rings. The third-order valence-electron chi connectivity index (χ3n) is 9.81. The average molecular weight is 604 g/mol. The minimum absolute atomic E-state index is 0.138. The summed E-state index contributed by atoms with van der Waals surface area (Å²) in [5.41, 5.74) is 4.61. The Hall–Kier alpha value is -2.54. The molecule has 4 aliphatic carbocycles. The highest BCUT2D eigenvalue weighted by Gasteiger charge is 2.38. The van der Waals surface area contributed by atoms with Crippen LogP contribution in [-0.4, -0.2) is 56.9 Å². The lowest BCUT2D eigenvalue weighted by atomic mass is 9.77. The lowest BCUT2D eigenvalue weighted by Crippen LogP contribution is -2.50. The quantitative estimate of drug-likeness (QED) is 0.101. The summed E-state index contributed by atoms with van der Waals surface area (Å²) in [4.78, 5) is 25.5. The molecule has 6 nitrogen and oxygen atoms in total. The molecule has 0 spiro atoms. The number of hydrogen-bond donors (Lipinski definition) is 1. The zero-order valence-corrected chi connectivity index (χ0v) is 26.6. The fraction of sp³-hybridized carbons (Fsp3) is 0.632. The summed E-state index contributed by atoms with van der Waals surface area (Å²) < 4.78 is 16.8. The third kappa shape index (κ3) is 9.98. The maximum absolute atomic E-state index is 13.1. The molecular formula is C38H53NO5. The van der Waals surface area contributed by atoms with Crippen LogP contribution in [0.2, 0.25) is 0 Å². The summed E-state index contributed by atoms with van der Waals surface area (Å²) >= 11 is 0. The number of Topliss-reactive ketones (excluding diaryl/α,β-unsaturated/α-hetero) is 1. The Morgan fingerprint density at radius 2 is 1.91 bits per heavy atom. The number of fused-ring (bicyclic) bond motifs is 2. The molecule has 6 heteroatoms. The summed E-state index contributed by atoms with van der Waals surface area (Å²) in [5.74, 6) is 1.39. The molecule has 0 amide bonds. The van der Waals surface area contributed by atoms with Crippen LogP contribution in [-0.2, 0) is 23.8 Å². The molecule has 44 heavy (non-hydrogen) atoms. The second-order valence-corrected chi connectivity index (χ2v) is 13.1. The predicted molar refractivity (Wildman–Crippen MR) is 175 cm³/mol. The number of ketones is 1. The van der Waals surface area contributed by atoms with Gasteiger partial charge in [-0.25, -0.2) is 4.79 Å². The molecule has 0 saturated carbocycles.